The third-order valence-corrected chi connectivity index (χ3v) is 7.78. The van der Waals surface area contributed by atoms with Gasteiger partial charge in [-0.1, -0.05) is 25.1 Å². The zero-order valence-corrected chi connectivity index (χ0v) is 22.2. The van der Waals surface area contributed by atoms with E-state index in [0.29, 0.717) is 5.52 Å². The molecule has 15 heteroatoms. The Labute approximate surface area is 223 Å². The first kappa shape index (κ1) is 28.4. The molecule has 1 aliphatic heterocycles. The number of nitrogens with zero attached hydrogens (tertiary/aromatic N) is 5. The highest BCUT2D eigenvalue weighted by atomic mass is 31.2. The summed E-state index contributed by atoms with van der Waals surface area (Å²) in [6, 6.07) is 11.4. The number of aliphatic hydroxyl groups is 1. The Kier molecular flexibility index (Phi) is 7.92. The number of alkyl halides is 1. The first-order valence-electron chi connectivity index (χ1n) is 11.9. The van der Waals surface area contributed by atoms with Crippen LogP contribution in [-0.4, -0.2) is 62.8 Å². The van der Waals surface area contributed by atoms with E-state index in [1.165, 1.54) is 35.7 Å². The molecule has 1 unspecified atom stereocenters. The Bertz CT molecular complexity index is 1430. The number of carbonyl (C=O) groups is 1. The first-order valence-corrected chi connectivity index (χ1v) is 13.4. The molecule has 1 aliphatic rings. The molecule has 6 atom stereocenters. The normalized spacial score (nSPS) is 27.0. The summed E-state index contributed by atoms with van der Waals surface area (Å²) in [5, 5.41) is 29.0. The second-order valence-corrected chi connectivity index (χ2v) is 10.5. The van der Waals surface area contributed by atoms with Gasteiger partial charge in [0.15, 0.2) is 11.5 Å². The maximum absolute atomic E-state index is 16.2. The van der Waals surface area contributed by atoms with Gasteiger partial charge >= 0.3 is 0 Å². The minimum absolute atomic E-state index is 0.0509. The second kappa shape index (κ2) is 10.9. The van der Waals surface area contributed by atoms with E-state index in [0.717, 1.165) is 13.3 Å². The van der Waals surface area contributed by atoms with Crippen LogP contribution in [0, 0.1) is 11.3 Å². The summed E-state index contributed by atoms with van der Waals surface area (Å²) in [6.45, 7) is 3.30. The molecule has 0 spiro atoms. The highest BCUT2D eigenvalue weighted by Crippen LogP contribution is 2.57. The van der Waals surface area contributed by atoms with E-state index in [2.05, 4.69) is 15.2 Å². The lowest BCUT2D eigenvalue weighted by molar-refractivity contribution is -0.143. The Hall–Kier alpha value is -3.60. The van der Waals surface area contributed by atoms with E-state index in [4.69, 9.17) is 24.3 Å². The van der Waals surface area contributed by atoms with E-state index in [1.807, 2.05) is 6.07 Å². The van der Waals surface area contributed by atoms with E-state index < -0.39 is 49.8 Å². The number of nitrogen functional groups attached to an aromatic ring is 1. The SMILES string of the molecule is CCOC(=O)[C@H](C)[N-]P(=O)(OC[C@H]1O[C@@](C#N)(c2ccc3c(N)ncnn23)[C@](C)(F)[C@@H]1O)Oc1ccccc1. The quantitative estimate of drug-likeness (QED) is 0.274. The van der Waals surface area contributed by atoms with Gasteiger partial charge in [0.05, 0.1) is 18.9 Å². The van der Waals surface area contributed by atoms with Crippen LogP contribution in [0.15, 0.2) is 48.8 Å². The van der Waals surface area contributed by atoms with Crippen LogP contribution in [0.3, 0.4) is 0 Å². The molecule has 0 bridgehead atoms. The number of carbonyl (C=O) groups excluding carboxylic acids is 1. The fourth-order valence-corrected chi connectivity index (χ4v) is 5.61. The molecule has 1 fully saturated rings. The van der Waals surface area contributed by atoms with Crippen molar-refractivity contribution >= 4 is 25.1 Å². The van der Waals surface area contributed by atoms with Crippen LogP contribution < -0.4 is 10.3 Å². The van der Waals surface area contributed by atoms with Gasteiger partial charge in [-0.3, -0.25) is 9.36 Å². The molecule has 3 N–H and O–H groups in total. The molecule has 0 aliphatic carbocycles. The van der Waals surface area contributed by atoms with Crippen LogP contribution in [0.5, 0.6) is 5.75 Å². The topological polar surface area (TPSA) is 185 Å². The van der Waals surface area contributed by atoms with Gasteiger partial charge in [0.2, 0.25) is 5.60 Å². The van der Waals surface area contributed by atoms with E-state index in [9.17, 15) is 19.7 Å². The molecule has 0 amide bonds. The molecule has 2 aromatic heterocycles. The minimum atomic E-state index is -4.47. The van der Waals surface area contributed by atoms with Crippen LogP contribution in [0.2, 0.25) is 0 Å². The van der Waals surface area contributed by atoms with Crippen molar-refractivity contribution in [1.82, 2.24) is 14.6 Å². The number of ether oxygens (including phenoxy) is 2. The number of aliphatic hydroxyl groups excluding tert-OH is 1. The molecule has 13 nitrogen and oxygen atoms in total. The zero-order chi connectivity index (χ0) is 28.4. The summed E-state index contributed by atoms with van der Waals surface area (Å²) in [5.74, 6) is -0.567. The van der Waals surface area contributed by atoms with E-state index >= 15 is 4.39 Å². The number of para-hydroxylation sites is 1. The third-order valence-electron chi connectivity index (χ3n) is 6.23. The van der Waals surface area contributed by atoms with Gasteiger partial charge in [0.25, 0.3) is 13.7 Å². The van der Waals surface area contributed by atoms with Crippen LogP contribution >= 0.6 is 7.75 Å². The molecule has 39 heavy (non-hydrogen) atoms. The number of aromatic nitrogens is 3. The summed E-state index contributed by atoms with van der Waals surface area (Å²) in [4.78, 5) is 16.0. The number of esters is 1. The largest absolute Gasteiger partial charge is 0.533 e. The van der Waals surface area contributed by atoms with Crippen LogP contribution in [-0.2, 0) is 29.0 Å². The summed E-state index contributed by atoms with van der Waals surface area (Å²) in [6.07, 6.45) is -2.30. The van der Waals surface area contributed by atoms with Gasteiger partial charge in [0.1, 0.15) is 35.9 Å². The maximum atomic E-state index is 16.2. The third kappa shape index (κ3) is 5.19. The van der Waals surface area contributed by atoms with Gasteiger partial charge in [0, 0.05) is 0 Å². The molecule has 0 radical (unpaired) electrons. The molecule has 1 aromatic carbocycles. The second-order valence-electron chi connectivity index (χ2n) is 8.84. The van der Waals surface area contributed by atoms with Crippen molar-refractivity contribution in [1.29, 1.82) is 5.26 Å². The number of nitriles is 1. The predicted octanol–water partition coefficient (Wildman–Crippen LogP) is 3.05. The molecule has 3 aromatic rings. The monoisotopic (exact) mass is 561 g/mol. The summed E-state index contributed by atoms with van der Waals surface area (Å²) >= 11 is 0. The lowest BCUT2D eigenvalue weighted by Crippen LogP contribution is -2.48. The van der Waals surface area contributed by atoms with E-state index in [1.54, 1.807) is 25.1 Å². The van der Waals surface area contributed by atoms with E-state index in [-0.39, 0.29) is 23.9 Å². The number of hydrogen-bond donors (Lipinski definition) is 2. The molecular weight excluding hydrogens is 534 g/mol. The average molecular weight is 561 g/mol. The number of halogens is 1. The fourth-order valence-electron chi connectivity index (χ4n) is 4.20. The number of rotatable bonds is 10. The van der Waals surface area contributed by atoms with Crippen molar-refractivity contribution < 1.29 is 37.4 Å². The zero-order valence-electron chi connectivity index (χ0n) is 21.3. The fraction of sp³-hybridized carbons (Fsp3) is 0.417. The molecule has 208 valence electrons. The first-order chi connectivity index (χ1) is 18.5. The van der Waals surface area contributed by atoms with Gasteiger partial charge in [-0.05, 0) is 44.2 Å². The predicted molar refractivity (Wildman–Crippen MR) is 135 cm³/mol. The number of hydrogen-bond acceptors (Lipinski definition) is 11. The van der Waals surface area contributed by atoms with Crippen LogP contribution in [0.4, 0.5) is 10.2 Å². The van der Waals surface area contributed by atoms with Crippen molar-refractivity contribution in [3.05, 3.63) is 59.6 Å². The Balaban J connectivity index is 1.62. The van der Waals surface area contributed by atoms with Gasteiger partial charge in [-0.2, -0.15) is 10.4 Å². The average Bonchev–Trinajstić information content (AvgIpc) is 3.42. The molecular formula is C24H27FN6O7P-. The Morgan fingerprint density at radius 1 is 1.38 bits per heavy atom. The minimum Gasteiger partial charge on any atom is -0.533 e. The van der Waals surface area contributed by atoms with Gasteiger partial charge in [-0.25, -0.2) is 13.9 Å². The Morgan fingerprint density at radius 3 is 2.77 bits per heavy atom. The number of nitrogens with two attached hydrogens (primary N) is 1. The van der Waals surface area contributed by atoms with Gasteiger partial charge in [-0.15, -0.1) is 0 Å². The van der Waals surface area contributed by atoms with Crippen molar-refractivity contribution in [2.24, 2.45) is 0 Å². The summed E-state index contributed by atoms with van der Waals surface area (Å²) in [7, 11) is -4.47. The molecule has 0 saturated carbocycles. The molecule has 3 heterocycles. The smallest absolute Gasteiger partial charge is 0.293 e. The van der Waals surface area contributed by atoms with Crippen LogP contribution in [0.1, 0.15) is 26.5 Å². The van der Waals surface area contributed by atoms with Crippen molar-refractivity contribution in [2.45, 2.75) is 50.3 Å². The molecule has 1 saturated heterocycles. The summed E-state index contributed by atoms with van der Waals surface area (Å²) in [5.41, 5.74) is 1.05. The lowest BCUT2D eigenvalue weighted by atomic mass is 9.82. The number of fused-ring (bicyclic) bond motifs is 1. The Morgan fingerprint density at radius 2 is 2.10 bits per heavy atom. The lowest BCUT2D eigenvalue weighted by Gasteiger charge is -2.35. The maximum Gasteiger partial charge on any atom is 0.293 e. The highest BCUT2D eigenvalue weighted by Gasteiger charge is 2.67. The van der Waals surface area contributed by atoms with Gasteiger partial charge < -0.3 is 34.4 Å². The highest BCUT2D eigenvalue weighted by molar-refractivity contribution is 7.57. The van der Waals surface area contributed by atoms with Crippen molar-refractivity contribution in [2.75, 3.05) is 18.9 Å². The molecule has 4 rings (SSSR count). The van der Waals surface area contributed by atoms with Crippen LogP contribution in [0.25, 0.3) is 10.6 Å². The summed E-state index contributed by atoms with van der Waals surface area (Å²) < 4.78 is 52.8. The number of anilines is 1. The van der Waals surface area contributed by atoms with Crippen molar-refractivity contribution in [3.8, 4) is 11.8 Å². The van der Waals surface area contributed by atoms with Crippen molar-refractivity contribution in [3.63, 3.8) is 0 Å². The number of benzene rings is 1. The standard InChI is InChI=1S/C24H27FN6O7P/c1-4-35-22(33)15(2)30-39(34,38-16-8-6-5-7-9-16)36-12-18-20(32)23(3,25)24(13-26,37-18)19-11-10-17-21(27)28-14-29-31(17)19/h5-11,14-15,18,20,32H,4,12H2,1-3H3,(H2-,27,28,29,30,34)/q-1/t15-,18+,20+,23+,24-,39?/m0/s1.